The Morgan fingerprint density at radius 1 is 1.25 bits per heavy atom. The van der Waals surface area contributed by atoms with Crippen LogP contribution in [0.3, 0.4) is 0 Å². The Bertz CT molecular complexity index is 882. The number of carbonyl (C=O) groups excluding carboxylic acids is 1. The van der Waals surface area contributed by atoms with Gasteiger partial charge >= 0.3 is 4.87 Å². The molecule has 0 spiro atoms. The summed E-state index contributed by atoms with van der Waals surface area (Å²) < 4.78 is 14.6. The lowest BCUT2D eigenvalue weighted by Crippen LogP contribution is -2.34. The lowest BCUT2D eigenvalue weighted by atomic mass is 10.1. The molecule has 0 bridgehead atoms. The number of hydrogen-bond acceptors (Lipinski definition) is 4. The maximum Gasteiger partial charge on any atom is 0.307 e. The molecule has 124 valence electrons. The van der Waals surface area contributed by atoms with Gasteiger partial charge in [-0.25, -0.2) is 4.39 Å². The third-order valence-electron chi connectivity index (χ3n) is 3.61. The van der Waals surface area contributed by atoms with Crippen molar-refractivity contribution in [3.63, 3.8) is 0 Å². The Balaban J connectivity index is 1.83. The molecule has 4 nitrogen and oxygen atoms in total. The molecule has 0 saturated heterocycles. The van der Waals surface area contributed by atoms with Crippen molar-refractivity contribution in [3.05, 3.63) is 78.8 Å². The van der Waals surface area contributed by atoms with E-state index in [4.69, 9.17) is 0 Å². The summed E-state index contributed by atoms with van der Waals surface area (Å²) in [5.74, 6) is -0.586. The molecule has 3 aromatic rings. The molecule has 0 saturated carbocycles. The van der Waals surface area contributed by atoms with Crippen molar-refractivity contribution < 1.29 is 9.18 Å². The topological polar surface area (TPSA) is 51.1 Å². The second-order valence-electron chi connectivity index (χ2n) is 5.30. The van der Waals surface area contributed by atoms with Gasteiger partial charge in [-0.05, 0) is 36.1 Å². The Labute approximate surface area is 146 Å². The minimum atomic E-state index is -0.368. The monoisotopic (exact) mass is 362 g/mol. The van der Waals surface area contributed by atoms with E-state index in [9.17, 15) is 14.0 Å². The van der Waals surface area contributed by atoms with Gasteiger partial charge in [-0.1, -0.05) is 29.5 Å². The Kier molecular flexibility index (Phi) is 4.92. The standard InChI is InChI=1S/C17H15FN2O2S2/c1-11-10-24-17(22)20(11)9-15(21)19-16(14-3-2-8-23-14)12-4-6-13(18)7-5-12/h2-8,10,16H,9H2,1H3,(H,19,21)/t16-/m1/s1. The molecule has 0 fully saturated rings. The van der Waals surface area contributed by atoms with Crippen LogP contribution in [0.5, 0.6) is 0 Å². The van der Waals surface area contributed by atoms with Crippen molar-refractivity contribution in [2.45, 2.75) is 19.5 Å². The molecule has 2 aromatic heterocycles. The summed E-state index contributed by atoms with van der Waals surface area (Å²) in [6.07, 6.45) is 0. The summed E-state index contributed by atoms with van der Waals surface area (Å²) in [6, 6.07) is 9.50. The normalized spacial score (nSPS) is 12.1. The van der Waals surface area contributed by atoms with Crippen LogP contribution in [-0.4, -0.2) is 10.5 Å². The molecular weight excluding hydrogens is 347 g/mol. The van der Waals surface area contributed by atoms with Gasteiger partial charge in [0.1, 0.15) is 12.4 Å². The van der Waals surface area contributed by atoms with E-state index in [1.54, 1.807) is 24.4 Å². The van der Waals surface area contributed by atoms with Crippen LogP contribution in [0.4, 0.5) is 4.39 Å². The zero-order chi connectivity index (χ0) is 17.1. The van der Waals surface area contributed by atoms with E-state index in [0.717, 1.165) is 27.5 Å². The number of benzene rings is 1. The van der Waals surface area contributed by atoms with E-state index in [-0.39, 0.29) is 29.2 Å². The predicted octanol–water partition coefficient (Wildman–Crippen LogP) is 3.32. The van der Waals surface area contributed by atoms with Crippen molar-refractivity contribution in [3.8, 4) is 0 Å². The average Bonchev–Trinajstić information content (AvgIpc) is 3.19. The van der Waals surface area contributed by atoms with Gasteiger partial charge in [-0.2, -0.15) is 0 Å². The highest BCUT2D eigenvalue weighted by atomic mass is 32.1. The maximum absolute atomic E-state index is 13.2. The third kappa shape index (κ3) is 3.63. The van der Waals surface area contributed by atoms with E-state index < -0.39 is 0 Å². The first-order valence-electron chi connectivity index (χ1n) is 7.28. The van der Waals surface area contributed by atoms with Gasteiger partial charge in [0, 0.05) is 16.0 Å². The van der Waals surface area contributed by atoms with Crippen LogP contribution in [0, 0.1) is 12.7 Å². The third-order valence-corrected chi connectivity index (χ3v) is 5.43. The average molecular weight is 362 g/mol. The minimum Gasteiger partial charge on any atom is -0.343 e. The van der Waals surface area contributed by atoms with E-state index in [0.29, 0.717) is 0 Å². The van der Waals surface area contributed by atoms with Crippen LogP contribution in [0.25, 0.3) is 0 Å². The first kappa shape index (κ1) is 16.6. The molecule has 7 heteroatoms. The van der Waals surface area contributed by atoms with Gasteiger partial charge in [0.15, 0.2) is 0 Å². The zero-order valence-corrected chi connectivity index (χ0v) is 14.5. The molecule has 0 radical (unpaired) electrons. The number of halogens is 1. The molecule has 1 atom stereocenters. The number of aryl methyl sites for hydroxylation is 1. The van der Waals surface area contributed by atoms with Crippen LogP contribution in [0.1, 0.15) is 22.2 Å². The molecular formula is C17H15FN2O2S2. The number of carbonyl (C=O) groups is 1. The molecule has 0 aliphatic rings. The predicted molar refractivity (Wildman–Crippen MR) is 94.0 cm³/mol. The second-order valence-corrected chi connectivity index (χ2v) is 7.10. The van der Waals surface area contributed by atoms with Crippen molar-refractivity contribution in [1.29, 1.82) is 0 Å². The van der Waals surface area contributed by atoms with E-state index in [1.807, 2.05) is 17.5 Å². The van der Waals surface area contributed by atoms with Crippen LogP contribution < -0.4 is 10.2 Å². The first-order valence-corrected chi connectivity index (χ1v) is 9.03. The zero-order valence-electron chi connectivity index (χ0n) is 12.9. The number of rotatable bonds is 5. The number of nitrogens with one attached hydrogen (secondary N) is 1. The highest BCUT2D eigenvalue weighted by Crippen LogP contribution is 2.26. The summed E-state index contributed by atoms with van der Waals surface area (Å²) >= 11 is 2.59. The fraction of sp³-hybridized carbons (Fsp3) is 0.176. The Morgan fingerprint density at radius 2 is 2.00 bits per heavy atom. The lowest BCUT2D eigenvalue weighted by molar-refractivity contribution is -0.122. The smallest absolute Gasteiger partial charge is 0.307 e. The van der Waals surface area contributed by atoms with Gasteiger partial charge in [-0.3, -0.25) is 14.2 Å². The molecule has 0 aliphatic heterocycles. The fourth-order valence-corrected chi connectivity index (χ4v) is 3.91. The SMILES string of the molecule is Cc1csc(=O)n1CC(=O)N[C@H](c1ccc(F)cc1)c1cccs1. The van der Waals surface area contributed by atoms with Crippen LogP contribution in [0.15, 0.2) is 52.0 Å². The minimum absolute atomic E-state index is 0.0305. The number of nitrogens with zero attached hydrogens (tertiary/aromatic N) is 1. The van der Waals surface area contributed by atoms with Crippen LogP contribution in [0.2, 0.25) is 0 Å². The number of aromatic nitrogens is 1. The van der Waals surface area contributed by atoms with Gasteiger partial charge in [0.25, 0.3) is 0 Å². The fourth-order valence-electron chi connectivity index (χ4n) is 2.38. The van der Waals surface area contributed by atoms with Crippen molar-refractivity contribution in [2.24, 2.45) is 0 Å². The van der Waals surface area contributed by atoms with Crippen LogP contribution in [-0.2, 0) is 11.3 Å². The molecule has 3 rings (SSSR count). The number of amides is 1. The van der Waals surface area contributed by atoms with E-state index in [2.05, 4.69) is 5.32 Å². The first-order chi connectivity index (χ1) is 11.5. The van der Waals surface area contributed by atoms with E-state index in [1.165, 1.54) is 28.0 Å². The van der Waals surface area contributed by atoms with Crippen LogP contribution >= 0.6 is 22.7 Å². The second kappa shape index (κ2) is 7.11. The number of thiazole rings is 1. The Morgan fingerprint density at radius 3 is 2.58 bits per heavy atom. The van der Waals surface area contributed by atoms with Gasteiger partial charge in [0.05, 0.1) is 6.04 Å². The quantitative estimate of drug-likeness (QED) is 0.757. The van der Waals surface area contributed by atoms with Crippen molar-refractivity contribution >= 4 is 28.6 Å². The van der Waals surface area contributed by atoms with Crippen molar-refractivity contribution in [1.82, 2.24) is 9.88 Å². The van der Waals surface area contributed by atoms with Gasteiger partial charge < -0.3 is 5.32 Å². The summed E-state index contributed by atoms with van der Waals surface area (Å²) in [4.78, 5) is 25.0. The molecule has 24 heavy (non-hydrogen) atoms. The maximum atomic E-state index is 13.2. The van der Waals surface area contributed by atoms with Crippen molar-refractivity contribution in [2.75, 3.05) is 0 Å². The largest absolute Gasteiger partial charge is 0.343 e. The molecule has 1 amide bonds. The lowest BCUT2D eigenvalue weighted by Gasteiger charge is -2.18. The number of thiophene rings is 1. The number of hydrogen-bond donors (Lipinski definition) is 1. The molecule has 1 N–H and O–H groups in total. The van der Waals surface area contributed by atoms with Gasteiger partial charge in [-0.15, -0.1) is 11.3 Å². The Hall–Kier alpha value is -2.25. The van der Waals surface area contributed by atoms with Gasteiger partial charge in [0.2, 0.25) is 5.91 Å². The summed E-state index contributed by atoms with van der Waals surface area (Å²) in [5.41, 5.74) is 1.55. The summed E-state index contributed by atoms with van der Waals surface area (Å²) in [6.45, 7) is 1.76. The molecule has 0 aliphatic carbocycles. The highest BCUT2D eigenvalue weighted by Gasteiger charge is 2.19. The summed E-state index contributed by atoms with van der Waals surface area (Å²) in [5, 5.41) is 6.59. The highest BCUT2D eigenvalue weighted by molar-refractivity contribution is 7.10. The summed E-state index contributed by atoms with van der Waals surface area (Å²) in [7, 11) is 0. The van der Waals surface area contributed by atoms with E-state index >= 15 is 0 Å². The molecule has 0 unspecified atom stereocenters. The molecule has 2 heterocycles. The molecule has 1 aromatic carbocycles.